The zero-order valence-corrected chi connectivity index (χ0v) is 11.5. The summed E-state index contributed by atoms with van der Waals surface area (Å²) in [7, 11) is -1.18. The maximum Gasteiger partial charge on any atom is 0.129 e. The predicted octanol–water partition coefficient (Wildman–Crippen LogP) is 3.06. The van der Waals surface area contributed by atoms with Gasteiger partial charge in [0.2, 0.25) is 0 Å². The molecule has 0 saturated carbocycles. The molecule has 1 nitrogen and oxygen atoms in total. The lowest BCUT2D eigenvalue weighted by Crippen LogP contribution is -2.18. The second-order valence-electron chi connectivity index (χ2n) is 3.92. The van der Waals surface area contributed by atoms with Crippen molar-refractivity contribution < 1.29 is 0 Å². The number of hydrogen-bond donors (Lipinski definition) is 0. The number of halogens is 1. The SMILES string of the molecule is C/C=C/CN(Br)CC#C[Si](C)(C)C. The van der Waals surface area contributed by atoms with Crippen molar-refractivity contribution in [2.75, 3.05) is 13.1 Å². The summed E-state index contributed by atoms with van der Waals surface area (Å²) < 4.78 is 2.03. The van der Waals surface area contributed by atoms with Gasteiger partial charge in [0, 0.05) is 22.7 Å². The van der Waals surface area contributed by atoms with E-state index in [2.05, 4.69) is 53.3 Å². The van der Waals surface area contributed by atoms with Crippen LogP contribution in [-0.4, -0.2) is 25.1 Å². The molecule has 0 rings (SSSR count). The maximum atomic E-state index is 3.44. The summed E-state index contributed by atoms with van der Waals surface area (Å²) in [5.74, 6) is 3.19. The lowest BCUT2D eigenvalue weighted by Gasteiger charge is -2.07. The summed E-state index contributed by atoms with van der Waals surface area (Å²) in [4.78, 5) is 0. The van der Waals surface area contributed by atoms with Crippen LogP contribution in [0.4, 0.5) is 0 Å². The normalized spacial score (nSPS) is 11.8. The third-order valence-corrected chi connectivity index (χ3v) is 2.72. The zero-order valence-electron chi connectivity index (χ0n) is 8.89. The third-order valence-electron chi connectivity index (χ3n) is 1.25. The first-order chi connectivity index (χ1) is 5.95. The highest BCUT2D eigenvalue weighted by Crippen LogP contribution is 1.98. The van der Waals surface area contributed by atoms with Gasteiger partial charge < -0.3 is 0 Å². The Labute approximate surface area is 91.6 Å². The van der Waals surface area contributed by atoms with Gasteiger partial charge in [0.1, 0.15) is 8.07 Å². The van der Waals surface area contributed by atoms with Crippen LogP contribution in [0.2, 0.25) is 19.6 Å². The minimum absolute atomic E-state index is 0.800. The van der Waals surface area contributed by atoms with Gasteiger partial charge in [0.15, 0.2) is 0 Å². The molecule has 0 aliphatic heterocycles. The monoisotopic (exact) mass is 259 g/mol. The number of allylic oxidation sites excluding steroid dienone is 1. The quantitative estimate of drug-likeness (QED) is 0.326. The summed E-state index contributed by atoms with van der Waals surface area (Å²) in [5.41, 5.74) is 3.32. The second-order valence-corrected chi connectivity index (χ2v) is 9.68. The summed E-state index contributed by atoms with van der Waals surface area (Å²) >= 11 is 3.44. The molecule has 0 heterocycles. The Morgan fingerprint density at radius 2 is 2.00 bits per heavy atom. The average molecular weight is 260 g/mol. The molecule has 0 saturated heterocycles. The largest absolute Gasteiger partial charge is 0.227 e. The molecule has 0 atom stereocenters. The van der Waals surface area contributed by atoms with Crippen molar-refractivity contribution in [1.29, 1.82) is 0 Å². The number of nitrogens with zero attached hydrogens (tertiary/aromatic N) is 1. The molecule has 0 unspecified atom stereocenters. The van der Waals surface area contributed by atoms with Crippen molar-refractivity contribution in [3.05, 3.63) is 12.2 Å². The summed E-state index contributed by atoms with van der Waals surface area (Å²) in [6.45, 7) is 10.5. The molecule has 0 aliphatic carbocycles. The van der Waals surface area contributed by atoms with E-state index >= 15 is 0 Å². The molecule has 0 amide bonds. The Hall–Kier alpha value is -0.0431. The van der Waals surface area contributed by atoms with Gasteiger partial charge in [0.25, 0.3) is 0 Å². The first kappa shape index (κ1) is 13.0. The van der Waals surface area contributed by atoms with Crippen LogP contribution < -0.4 is 0 Å². The second kappa shape index (κ2) is 6.42. The van der Waals surface area contributed by atoms with Gasteiger partial charge in [-0.3, -0.25) is 0 Å². The molecule has 3 heteroatoms. The molecule has 0 aromatic rings. The first-order valence-corrected chi connectivity index (χ1v) is 8.68. The van der Waals surface area contributed by atoms with E-state index in [9.17, 15) is 0 Å². The summed E-state index contributed by atoms with van der Waals surface area (Å²) in [6, 6.07) is 0. The molecule has 13 heavy (non-hydrogen) atoms. The molecule has 0 N–H and O–H groups in total. The molecule has 0 fully saturated rings. The van der Waals surface area contributed by atoms with E-state index in [0.717, 1.165) is 13.1 Å². The molecule has 0 spiro atoms. The minimum atomic E-state index is -1.18. The van der Waals surface area contributed by atoms with Crippen LogP contribution in [0.3, 0.4) is 0 Å². The van der Waals surface area contributed by atoms with Crippen molar-refractivity contribution >= 4 is 24.2 Å². The van der Waals surface area contributed by atoms with Crippen LogP contribution >= 0.6 is 16.1 Å². The Morgan fingerprint density at radius 3 is 2.46 bits per heavy atom. The van der Waals surface area contributed by atoms with Gasteiger partial charge in [-0.25, -0.2) is 3.93 Å². The van der Waals surface area contributed by atoms with Gasteiger partial charge in [-0.1, -0.05) is 37.7 Å². The van der Waals surface area contributed by atoms with Crippen molar-refractivity contribution in [1.82, 2.24) is 3.93 Å². The van der Waals surface area contributed by atoms with Gasteiger partial charge in [-0.2, -0.15) is 0 Å². The molecule has 0 bridgehead atoms. The lowest BCUT2D eigenvalue weighted by molar-refractivity contribution is 0.609. The molecule has 0 radical (unpaired) electrons. The van der Waals surface area contributed by atoms with Gasteiger partial charge in [-0.15, -0.1) is 5.54 Å². The zero-order chi connectivity index (χ0) is 10.3. The van der Waals surface area contributed by atoms with Gasteiger partial charge >= 0.3 is 0 Å². The predicted molar refractivity (Wildman–Crippen MR) is 66.4 cm³/mol. The van der Waals surface area contributed by atoms with Gasteiger partial charge in [-0.05, 0) is 6.92 Å². The van der Waals surface area contributed by atoms with E-state index in [4.69, 9.17) is 0 Å². The summed E-state index contributed by atoms with van der Waals surface area (Å²) in [6.07, 6.45) is 4.14. The highest BCUT2D eigenvalue weighted by Gasteiger charge is 2.07. The molecular formula is C10H18BrNSi. The fourth-order valence-corrected chi connectivity index (χ4v) is 1.58. The topological polar surface area (TPSA) is 3.24 Å². The Kier molecular flexibility index (Phi) is 6.40. The van der Waals surface area contributed by atoms with Crippen LogP contribution in [0.5, 0.6) is 0 Å². The van der Waals surface area contributed by atoms with Crippen LogP contribution in [0.1, 0.15) is 6.92 Å². The van der Waals surface area contributed by atoms with Gasteiger partial charge in [0.05, 0.1) is 6.54 Å². The summed E-state index contributed by atoms with van der Waals surface area (Å²) in [5, 5.41) is 0. The lowest BCUT2D eigenvalue weighted by atomic mass is 10.5. The standard InChI is InChI=1S/C10H18BrNSi/c1-5-6-8-12(11)9-7-10-13(2,3)4/h5-6H,8-9H2,1-4H3/b6-5+. The van der Waals surface area contributed by atoms with E-state index in [1.54, 1.807) is 0 Å². The molecular weight excluding hydrogens is 242 g/mol. The Balaban J connectivity index is 3.79. The number of hydrogen-bond acceptors (Lipinski definition) is 1. The van der Waals surface area contributed by atoms with Crippen LogP contribution in [-0.2, 0) is 0 Å². The number of rotatable bonds is 3. The van der Waals surface area contributed by atoms with Crippen molar-refractivity contribution in [2.24, 2.45) is 0 Å². The fraction of sp³-hybridized carbons (Fsp3) is 0.600. The molecule has 0 aliphatic rings. The highest BCUT2D eigenvalue weighted by molar-refractivity contribution is 9.07. The fourth-order valence-electron chi connectivity index (χ4n) is 0.675. The van der Waals surface area contributed by atoms with Crippen LogP contribution in [0.15, 0.2) is 12.2 Å². The van der Waals surface area contributed by atoms with E-state index in [1.807, 2.05) is 16.9 Å². The molecule has 0 aromatic heterocycles. The molecule has 74 valence electrons. The maximum absolute atomic E-state index is 3.44. The van der Waals surface area contributed by atoms with E-state index in [0.29, 0.717) is 0 Å². The Bertz CT molecular complexity index is 219. The first-order valence-electron chi connectivity index (χ1n) is 4.47. The van der Waals surface area contributed by atoms with Crippen molar-refractivity contribution in [2.45, 2.75) is 26.6 Å². The minimum Gasteiger partial charge on any atom is -0.227 e. The van der Waals surface area contributed by atoms with Crippen molar-refractivity contribution in [3.8, 4) is 11.5 Å². The van der Waals surface area contributed by atoms with E-state index in [1.165, 1.54) is 0 Å². The van der Waals surface area contributed by atoms with E-state index < -0.39 is 8.07 Å². The smallest absolute Gasteiger partial charge is 0.129 e. The van der Waals surface area contributed by atoms with E-state index in [-0.39, 0.29) is 0 Å². The Morgan fingerprint density at radius 1 is 1.38 bits per heavy atom. The molecule has 0 aromatic carbocycles. The average Bonchev–Trinajstić information content (AvgIpc) is 1.98. The van der Waals surface area contributed by atoms with Crippen LogP contribution in [0.25, 0.3) is 0 Å². The van der Waals surface area contributed by atoms with Crippen LogP contribution in [0, 0.1) is 11.5 Å². The third kappa shape index (κ3) is 9.87. The highest BCUT2D eigenvalue weighted by atomic mass is 79.9. The van der Waals surface area contributed by atoms with Crippen molar-refractivity contribution in [3.63, 3.8) is 0 Å².